The molecule has 38 heteroatoms. The first-order chi connectivity index (χ1) is 51.1. The van der Waals surface area contributed by atoms with Gasteiger partial charge in [0, 0.05) is 50.8 Å². The fourth-order valence-corrected chi connectivity index (χ4v) is 12.5. The number of nitrogens with zero attached hydrogens (tertiary/aromatic N) is 4. The Morgan fingerprint density at radius 1 is 0.546 bits per heavy atom. The van der Waals surface area contributed by atoms with Gasteiger partial charge in [0.25, 0.3) is 0 Å². The van der Waals surface area contributed by atoms with Crippen molar-refractivity contribution in [3.8, 4) is 11.5 Å². The van der Waals surface area contributed by atoms with Gasteiger partial charge in [0.05, 0.1) is 32.1 Å². The van der Waals surface area contributed by atoms with Gasteiger partial charge in [-0.1, -0.05) is 65.8 Å². The number of rotatable bonds is 42. The second-order valence-corrected chi connectivity index (χ2v) is 28.5. The molecule has 22 N–H and O–H groups in total. The van der Waals surface area contributed by atoms with Crippen molar-refractivity contribution in [1.29, 1.82) is 0 Å². The van der Waals surface area contributed by atoms with Crippen LogP contribution in [0.15, 0.2) is 66.0 Å². The number of likely N-dealkylation sites (tertiary alicyclic amines) is 2. The number of H-pyrrole nitrogens is 1. The van der Waals surface area contributed by atoms with E-state index in [1.165, 1.54) is 89.5 Å². The van der Waals surface area contributed by atoms with Gasteiger partial charge in [0.2, 0.25) is 76.8 Å². The predicted molar refractivity (Wildman–Crippen MR) is 395 cm³/mol. The van der Waals surface area contributed by atoms with Crippen LogP contribution in [-0.4, -0.2) is 253 Å². The smallest absolute Gasteiger partial charge is 0.326 e. The minimum atomic E-state index is -1.75. The number of aliphatic carboxylic acids is 1. The first kappa shape index (κ1) is 88.0. The maximum atomic E-state index is 14.8. The fraction of sp³-hybridized carbons (Fsp3) is 0.571. The maximum absolute atomic E-state index is 14.8. The second kappa shape index (κ2) is 43.2. The monoisotopic (exact) mass is 1530 g/mol. The number of nitrogens with two attached hydrogens (primary N) is 3. The summed E-state index contributed by atoms with van der Waals surface area (Å²) in [6.45, 7) is 9.09. The number of aromatic hydroxyl groups is 2. The van der Waals surface area contributed by atoms with Crippen LogP contribution in [0.1, 0.15) is 110 Å². The molecule has 0 bridgehead atoms. The average molecular weight is 1530 g/mol. The Hall–Kier alpha value is -10.6. The molecule has 0 saturated carbocycles. The molecule has 3 aromatic rings. The van der Waals surface area contributed by atoms with Crippen LogP contribution in [0.25, 0.3) is 0 Å². The highest BCUT2D eigenvalue weighted by Crippen LogP contribution is 2.23. The summed E-state index contributed by atoms with van der Waals surface area (Å²) in [6.07, 6.45) is 5.02. The lowest BCUT2D eigenvalue weighted by Gasteiger charge is -2.31. The van der Waals surface area contributed by atoms with Crippen molar-refractivity contribution < 1.29 is 87.5 Å². The Kier molecular flexibility index (Phi) is 35.2. The van der Waals surface area contributed by atoms with Gasteiger partial charge in [-0.2, -0.15) is 11.8 Å². The Balaban J connectivity index is 1.31. The normalized spacial score (nSPS) is 16.8. The zero-order valence-corrected chi connectivity index (χ0v) is 62.7. The van der Waals surface area contributed by atoms with Gasteiger partial charge in [-0.3, -0.25) is 67.3 Å². The van der Waals surface area contributed by atoms with Gasteiger partial charge in [0.1, 0.15) is 78.0 Å². The van der Waals surface area contributed by atoms with E-state index in [9.17, 15) is 87.5 Å². The molecule has 0 spiro atoms. The number of aromatic amines is 1. The Morgan fingerprint density at radius 2 is 1.00 bits per heavy atom. The number of aromatic nitrogens is 2. The fourth-order valence-electron chi connectivity index (χ4n) is 12.0. The standard InChI is InChI=1S/C70H105N19O18S/c1-36(2)55(65(102)77-33-54(94)80-49(29-41-17-21-44(92)22-18-41)68(105)89-26-11-14-52(89)64(101)81-45(12-9-24-75-70(72)73)59(96)86-56(37(3)4)66(103)87-57(38(5)6)69(106)107)85-61(98)48(30-42-31-74-35-78-42)83-60(97)47(28-40-15-19-43(91)20-16-40)82-62(99)50(34-90)84-58(95)46(23-27-108-8)79-53(93)32-76-63(100)51-13-10-25-88(51)67(104)39(7)71/h15-22,31,35-39,45-52,55-57,90-92H,9-14,23-30,32-34,71H2,1-8H3,(H,74,78)(H,76,100)(H,77,102)(H,79,93)(H,80,94)(H,81,101)(H,82,99)(H,83,97)(H,84,95)(H,85,98)(H,86,96)(H,87,103)(H,106,107)(H4,72,73,75)/t39-,45-,46-,47-,48-,49-,50-,51-,52-,55-,56-,57-/m0/s1. The van der Waals surface area contributed by atoms with E-state index >= 15 is 0 Å². The molecule has 37 nitrogen and oxygen atoms in total. The van der Waals surface area contributed by atoms with Crippen LogP contribution < -0.4 is 75.7 Å². The minimum absolute atomic E-state index is 0.0142. The number of carbonyl (C=O) groups is 14. The molecule has 1 aromatic heterocycles. The van der Waals surface area contributed by atoms with Gasteiger partial charge in [-0.15, -0.1) is 0 Å². The van der Waals surface area contributed by atoms with Gasteiger partial charge in [0.15, 0.2) is 5.96 Å². The summed E-state index contributed by atoms with van der Waals surface area (Å²) in [5, 5.41) is 68.8. The Labute approximate surface area is 629 Å². The number of aliphatic hydroxyl groups excluding tert-OH is 1. The Bertz CT molecular complexity index is 3620. The SMILES string of the molecule is CSCC[C@H](NC(=O)CNC(=O)[C@@H]1CCCN1C(=O)[C@H](C)N)C(=O)N[C@@H](CO)C(=O)N[C@@H](Cc1ccc(O)cc1)C(=O)N[C@@H](Cc1cnc[nH]1)C(=O)N[C@H](C(=O)NCC(=O)N[C@@H](Cc1ccc(O)cc1)C(=O)N1CCC[C@H]1C(=O)N[C@@H](CCCN=C(N)N)C(=O)N[C@H](C(=O)N[C@H](C(=O)O)C(C)C)C(C)C)C(C)C. The number of carboxylic acid groups (broad SMARTS) is 1. The van der Waals surface area contributed by atoms with Crippen molar-refractivity contribution in [1.82, 2.24) is 78.3 Å². The molecule has 2 aliphatic rings. The number of benzene rings is 2. The molecule has 13 amide bonds. The lowest BCUT2D eigenvalue weighted by atomic mass is 9.99. The number of phenolic OH excluding ortho intramolecular Hbond substituents is 2. The average Bonchev–Trinajstić information content (AvgIpc) is 1.61. The lowest BCUT2D eigenvalue weighted by molar-refractivity contribution is -0.144. The van der Waals surface area contributed by atoms with E-state index in [0.29, 0.717) is 48.4 Å². The van der Waals surface area contributed by atoms with E-state index in [1.54, 1.807) is 47.8 Å². The first-order valence-corrected chi connectivity index (χ1v) is 37.1. The summed E-state index contributed by atoms with van der Waals surface area (Å²) in [4.78, 5) is 207. The van der Waals surface area contributed by atoms with Crippen LogP contribution in [0.3, 0.4) is 0 Å². The number of hydrogen-bond donors (Lipinski definition) is 19. The lowest BCUT2D eigenvalue weighted by Crippen LogP contribution is -2.61. The van der Waals surface area contributed by atoms with Crippen molar-refractivity contribution in [3.05, 3.63) is 77.9 Å². The summed E-state index contributed by atoms with van der Waals surface area (Å²) < 4.78 is 0. The zero-order chi connectivity index (χ0) is 80.1. The topological polar surface area (TPSA) is 578 Å². The number of hydrogen-bond acceptors (Lipinski definition) is 21. The maximum Gasteiger partial charge on any atom is 0.326 e. The van der Waals surface area contributed by atoms with Crippen molar-refractivity contribution in [2.24, 2.45) is 39.9 Å². The van der Waals surface area contributed by atoms with Gasteiger partial charge in [-0.25, -0.2) is 9.78 Å². The third-order valence-electron chi connectivity index (χ3n) is 17.9. The number of nitrogens with one attached hydrogen (secondary N) is 12. The molecule has 108 heavy (non-hydrogen) atoms. The summed E-state index contributed by atoms with van der Waals surface area (Å²) in [5.41, 5.74) is 18.0. The number of aliphatic imine (C=N–C) groups is 1. The minimum Gasteiger partial charge on any atom is -0.508 e. The molecule has 12 atom stereocenters. The molecule has 594 valence electrons. The molecular formula is C70H105N19O18S. The Morgan fingerprint density at radius 3 is 1.51 bits per heavy atom. The summed E-state index contributed by atoms with van der Waals surface area (Å²) in [5.74, 6) is -13.9. The summed E-state index contributed by atoms with van der Waals surface area (Å²) in [7, 11) is 0. The predicted octanol–water partition coefficient (Wildman–Crippen LogP) is -4.37. The third kappa shape index (κ3) is 27.6. The third-order valence-corrected chi connectivity index (χ3v) is 18.6. The largest absolute Gasteiger partial charge is 0.508 e. The van der Waals surface area contributed by atoms with E-state index < -0.39 is 193 Å². The molecule has 2 saturated heterocycles. The van der Waals surface area contributed by atoms with E-state index in [0.717, 1.165) is 0 Å². The molecule has 2 fully saturated rings. The number of phenols is 2. The number of thioether (sulfide) groups is 1. The van der Waals surface area contributed by atoms with E-state index in [4.69, 9.17) is 17.2 Å². The highest BCUT2D eigenvalue weighted by molar-refractivity contribution is 7.98. The van der Waals surface area contributed by atoms with Crippen LogP contribution in [-0.2, 0) is 86.4 Å². The number of guanidine groups is 1. The van der Waals surface area contributed by atoms with Gasteiger partial charge >= 0.3 is 5.97 Å². The summed E-state index contributed by atoms with van der Waals surface area (Å²) >= 11 is 1.33. The highest BCUT2D eigenvalue weighted by Gasteiger charge is 2.42. The molecule has 5 rings (SSSR count). The zero-order valence-electron chi connectivity index (χ0n) is 61.9. The van der Waals surface area contributed by atoms with Gasteiger partial charge < -0.3 is 111 Å². The number of carbonyl (C=O) groups excluding carboxylic acids is 13. The quantitative estimate of drug-likeness (QED) is 0.0145. The van der Waals surface area contributed by atoms with Crippen LogP contribution in [0, 0.1) is 17.8 Å². The molecular weight excluding hydrogens is 1430 g/mol. The molecule has 0 aliphatic carbocycles. The molecule has 2 aromatic carbocycles. The number of carboxylic acids is 1. The summed E-state index contributed by atoms with van der Waals surface area (Å²) in [6, 6.07) is -4.59. The first-order valence-electron chi connectivity index (χ1n) is 35.7. The van der Waals surface area contributed by atoms with Crippen molar-refractivity contribution >= 4 is 100 Å². The number of aliphatic hydroxyl groups is 1. The van der Waals surface area contributed by atoms with Crippen molar-refractivity contribution in [2.75, 3.05) is 51.3 Å². The van der Waals surface area contributed by atoms with Gasteiger partial charge in [-0.05, 0) is 117 Å². The van der Waals surface area contributed by atoms with E-state index in [2.05, 4.69) is 73.4 Å². The number of amides is 13. The second-order valence-electron chi connectivity index (χ2n) is 27.6. The van der Waals surface area contributed by atoms with Crippen LogP contribution in [0.2, 0.25) is 0 Å². The molecule has 2 aliphatic heterocycles. The van der Waals surface area contributed by atoms with Crippen molar-refractivity contribution in [3.63, 3.8) is 0 Å². The van der Waals surface area contributed by atoms with Crippen LogP contribution in [0.5, 0.6) is 11.5 Å². The molecule has 0 radical (unpaired) electrons. The van der Waals surface area contributed by atoms with Crippen LogP contribution >= 0.6 is 11.8 Å². The van der Waals surface area contributed by atoms with Crippen molar-refractivity contribution in [2.45, 2.75) is 185 Å². The highest BCUT2D eigenvalue weighted by atomic mass is 32.2. The molecule has 3 heterocycles. The molecule has 0 unspecified atom stereocenters. The number of imidazole rings is 1. The van der Waals surface area contributed by atoms with E-state index in [1.807, 2.05) is 0 Å². The van der Waals surface area contributed by atoms with Crippen LogP contribution in [0.4, 0.5) is 0 Å². The van der Waals surface area contributed by atoms with E-state index in [-0.39, 0.29) is 75.5 Å².